The van der Waals surface area contributed by atoms with Crippen molar-refractivity contribution in [2.24, 2.45) is 5.41 Å². The van der Waals surface area contributed by atoms with Gasteiger partial charge in [0.05, 0.1) is 12.0 Å². The van der Waals surface area contributed by atoms with Crippen LogP contribution in [0.5, 0.6) is 0 Å². The summed E-state index contributed by atoms with van der Waals surface area (Å²) in [5.74, 6) is -0.861. The Balaban J connectivity index is 1.74. The Morgan fingerprint density at radius 3 is 2.14 bits per heavy atom. The number of aliphatic carboxylic acids is 1. The summed E-state index contributed by atoms with van der Waals surface area (Å²) < 4.78 is 0. The summed E-state index contributed by atoms with van der Waals surface area (Å²) in [5, 5.41) is 11.8. The summed E-state index contributed by atoms with van der Waals surface area (Å²) >= 11 is 0. The van der Waals surface area contributed by atoms with Crippen LogP contribution in [0.1, 0.15) is 32.6 Å². The fourth-order valence-corrected chi connectivity index (χ4v) is 2.76. The molecule has 2 fully saturated rings. The molecule has 0 aromatic heterocycles. The second-order valence-corrected chi connectivity index (χ2v) is 6.10. The average Bonchev–Trinajstić information content (AvgIpc) is 2.99. The van der Waals surface area contributed by atoms with Crippen LogP contribution in [0, 0.1) is 5.41 Å². The van der Waals surface area contributed by atoms with Gasteiger partial charge < -0.3 is 20.2 Å². The molecule has 0 spiro atoms. The number of nitrogens with zero attached hydrogens (tertiary/aromatic N) is 2. The lowest BCUT2D eigenvalue weighted by molar-refractivity contribution is -0.150. The fraction of sp³-hybridized carbons (Fsp3) is 0.786. The summed E-state index contributed by atoms with van der Waals surface area (Å²) in [6.07, 6.45) is 2.94. The molecule has 0 aromatic rings. The van der Waals surface area contributed by atoms with Gasteiger partial charge in [0.2, 0.25) is 5.91 Å². The van der Waals surface area contributed by atoms with Crippen LogP contribution in [0.15, 0.2) is 0 Å². The molecule has 2 aliphatic rings. The summed E-state index contributed by atoms with van der Waals surface area (Å²) in [4.78, 5) is 38.3. The van der Waals surface area contributed by atoms with Crippen LogP contribution in [0.25, 0.3) is 0 Å². The van der Waals surface area contributed by atoms with E-state index < -0.39 is 11.4 Å². The molecule has 0 bridgehead atoms. The first kappa shape index (κ1) is 15.6. The molecule has 0 aromatic carbocycles. The van der Waals surface area contributed by atoms with Gasteiger partial charge in [0.1, 0.15) is 0 Å². The zero-order valence-corrected chi connectivity index (χ0v) is 12.4. The number of carbonyl (C=O) groups is 3. The van der Waals surface area contributed by atoms with Gasteiger partial charge in [0.25, 0.3) is 0 Å². The number of hydrogen-bond acceptors (Lipinski definition) is 3. The predicted molar refractivity (Wildman–Crippen MR) is 75.8 cm³/mol. The SMILES string of the molecule is CC1(C(=O)O)CCN(C(=O)NCC(=O)N2CCCC2)CC1. The molecule has 2 aliphatic heterocycles. The van der Waals surface area contributed by atoms with Gasteiger partial charge in [0.15, 0.2) is 0 Å². The summed E-state index contributed by atoms with van der Waals surface area (Å²) in [5.41, 5.74) is -0.748. The van der Waals surface area contributed by atoms with E-state index in [2.05, 4.69) is 5.32 Å². The molecule has 7 heteroatoms. The molecule has 2 heterocycles. The molecule has 0 radical (unpaired) electrons. The number of piperidine rings is 1. The quantitative estimate of drug-likeness (QED) is 0.794. The van der Waals surface area contributed by atoms with Crippen LogP contribution in [0.2, 0.25) is 0 Å². The Labute approximate surface area is 124 Å². The highest BCUT2D eigenvalue weighted by Gasteiger charge is 2.38. The Hall–Kier alpha value is -1.79. The standard InChI is InChI=1S/C14H23N3O4/c1-14(12(19)20)4-8-17(9-5-14)13(21)15-10-11(18)16-6-2-3-7-16/h2-10H2,1H3,(H,15,21)(H,19,20). The number of rotatable bonds is 3. The number of carboxylic acid groups (broad SMARTS) is 1. The van der Waals surface area contributed by atoms with E-state index in [1.165, 1.54) is 0 Å². The maximum atomic E-state index is 12.0. The highest BCUT2D eigenvalue weighted by atomic mass is 16.4. The van der Waals surface area contributed by atoms with Crippen molar-refractivity contribution in [2.75, 3.05) is 32.7 Å². The third-order valence-electron chi connectivity index (χ3n) is 4.52. The van der Waals surface area contributed by atoms with E-state index >= 15 is 0 Å². The van der Waals surface area contributed by atoms with Crippen molar-refractivity contribution in [3.05, 3.63) is 0 Å². The summed E-state index contributed by atoms with van der Waals surface area (Å²) in [7, 11) is 0. The molecule has 7 nitrogen and oxygen atoms in total. The minimum Gasteiger partial charge on any atom is -0.481 e. The fourth-order valence-electron chi connectivity index (χ4n) is 2.76. The highest BCUT2D eigenvalue weighted by molar-refractivity contribution is 5.84. The Bertz CT molecular complexity index is 424. The molecule has 2 saturated heterocycles. The smallest absolute Gasteiger partial charge is 0.317 e. The third-order valence-corrected chi connectivity index (χ3v) is 4.52. The van der Waals surface area contributed by atoms with E-state index in [9.17, 15) is 14.4 Å². The second-order valence-electron chi connectivity index (χ2n) is 6.10. The molecular formula is C14H23N3O4. The van der Waals surface area contributed by atoms with Crippen molar-refractivity contribution >= 4 is 17.9 Å². The van der Waals surface area contributed by atoms with Crippen LogP contribution in [-0.4, -0.2) is 65.5 Å². The predicted octanol–water partition coefficient (Wildman–Crippen LogP) is 0.505. The summed E-state index contributed by atoms with van der Waals surface area (Å²) in [6.45, 7) is 4.09. The van der Waals surface area contributed by atoms with E-state index in [0.29, 0.717) is 25.9 Å². The Kier molecular flexibility index (Phi) is 4.69. The maximum absolute atomic E-state index is 12.0. The van der Waals surface area contributed by atoms with Gasteiger partial charge in [-0.3, -0.25) is 9.59 Å². The van der Waals surface area contributed by atoms with E-state index in [1.807, 2.05) is 0 Å². The van der Waals surface area contributed by atoms with Gasteiger partial charge in [0, 0.05) is 26.2 Å². The molecular weight excluding hydrogens is 274 g/mol. The van der Waals surface area contributed by atoms with Crippen LogP contribution >= 0.6 is 0 Å². The lowest BCUT2D eigenvalue weighted by atomic mass is 9.80. The first-order chi connectivity index (χ1) is 9.92. The molecule has 21 heavy (non-hydrogen) atoms. The number of amides is 3. The average molecular weight is 297 g/mol. The first-order valence-corrected chi connectivity index (χ1v) is 7.46. The van der Waals surface area contributed by atoms with Crippen LogP contribution in [-0.2, 0) is 9.59 Å². The molecule has 3 amide bonds. The molecule has 0 aliphatic carbocycles. The van der Waals surface area contributed by atoms with Gasteiger partial charge in [-0.25, -0.2) is 4.79 Å². The van der Waals surface area contributed by atoms with E-state index in [-0.39, 0.29) is 18.5 Å². The van der Waals surface area contributed by atoms with E-state index in [0.717, 1.165) is 25.9 Å². The maximum Gasteiger partial charge on any atom is 0.317 e. The van der Waals surface area contributed by atoms with Crippen molar-refractivity contribution in [2.45, 2.75) is 32.6 Å². The van der Waals surface area contributed by atoms with Crippen molar-refractivity contribution in [1.29, 1.82) is 0 Å². The molecule has 118 valence electrons. The number of hydrogen-bond donors (Lipinski definition) is 2. The zero-order chi connectivity index (χ0) is 15.5. The van der Waals surface area contributed by atoms with Crippen molar-refractivity contribution in [1.82, 2.24) is 15.1 Å². The number of carbonyl (C=O) groups excluding carboxylic acids is 2. The van der Waals surface area contributed by atoms with Crippen LogP contribution in [0.4, 0.5) is 4.79 Å². The van der Waals surface area contributed by atoms with E-state index in [1.54, 1.807) is 16.7 Å². The van der Waals surface area contributed by atoms with Crippen LogP contribution < -0.4 is 5.32 Å². The number of likely N-dealkylation sites (tertiary alicyclic amines) is 2. The van der Waals surface area contributed by atoms with Crippen LogP contribution in [0.3, 0.4) is 0 Å². The molecule has 2 N–H and O–H groups in total. The topological polar surface area (TPSA) is 90.0 Å². The molecule has 0 atom stereocenters. The minimum atomic E-state index is -0.813. The molecule has 0 saturated carbocycles. The monoisotopic (exact) mass is 297 g/mol. The lowest BCUT2D eigenvalue weighted by Gasteiger charge is -2.36. The van der Waals surface area contributed by atoms with Gasteiger partial charge in [-0.15, -0.1) is 0 Å². The van der Waals surface area contributed by atoms with Gasteiger partial charge >= 0.3 is 12.0 Å². The zero-order valence-electron chi connectivity index (χ0n) is 12.4. The highest BCUT2D eigenvalue weighted by Crippen LogP contribution is 2.30. The largest absolute Gasteiger partial charge is 0.481 e. The minimum absolute atomic E-state index is 0.0194. The number of urea groups is 1. The Morgan fingerprint density at radius 1 is 1.05 bits per heavy atom. The van der Waals surface area contributed by atoms with Gasteiger partial charge in [-0.1, -0.05) is 0 Å². The second kappa shape index (κ2) is 6.32. The van der Waals surface area contributed by atoms with Crippen molar-refractivity contribution in [3.8, 4) is 0 Å². The first-order valence-electron chi connectivity index (χ1n) is 7.46. The molecule has 0 unspecified atom stereocenters. The third kappa shape index (κ3) is 3.65. The van der Waals surface area contributed by atoms with Gasteiger partial charge in [-0.05, 0) is 32.6 Å². The number of nitrogens with one attached hydrogen (secondary N) is 1. The van der Waals surface area contributed by atoms with Gasteiger partial charge in [-0.2, -0.15) is 0 Å². The summed E-state index contributed by atoms with van der Waals surface area (Å²) in [6, 6.07) is -0.282. The van der Waals surface area contributed by atoms with Crippen molar-refractivity contribution < 1.29 is 19.5 Å². The Morgan fingerprint density at radius 2 is 1.62 bits per heavy atom. The lowest BCUT2D eigenvalue weighted by Crippen LogP contribution is -2.50. The molecule has 2 rings (SSSR count). The van der Waals surface area contributed by atoms with E-state index in [4.69, 9.17) is 5.11 Å². The van der Waals surface area contributed by atoms with Crippen molar-refractivity contribution in [3.63, 3.8) is 0 Å². The normalized spacial score (nSPS) is 21.2. The number of carboxylic acids is 1.